The smallest absolute Gasteiger partial charge is 0.262 e. The number of carbonyl (C=O) groups is 1. The summed E-state index contributed by atoms with van der Waals surface area (Å²) in [6.07, 6.45) is 3.51. The molecule has 30 heavy (non-hydrogen) atoms. The molecule has 0 spiro atoms. The molecule has 0 fully saturated rings. The Morgan fingerprint density at radius 1 is 1.07 bits per heavy atom. The number of ether oxygens (including phenoxy) is 1. The molecule has 1 N–H and O–H groups in total. The molecule has 4 aromatic rings. The summed E-state index contributed by atoms with van der Waals surface area (Å²) in [7, 11) is 0. The van der Waals surface area contributed by atoms with E-state index in [1.165, 1.54) is 0 Å². The lowest BCUT2D eigenvalue weighted by Gasteiger charge is -2.10. The maximum atomic E-state index is 12.3. The van der Waals surface area contributed by atoms with E-state index in [-0.39, 0.29) is 12.5 Å². The van der Waals surface area contributed by atoms with Crippen LogP contribution in [-0.4, -0.2) is 22.5 Å². The number of rotatable bonds is 6. The molecule has 2 heterocycles. The Hall–Kier alpha value is -2.93. The first kappa shape index (κ1) is 20.3. The standard InChI is InChI=1S/C22H15Cl2N3O2S/c23-16-6-7-18(24)20(10-16)29-12-21(28)26-17-5-1-3-14(9-17)19-13-30-22(27-19)15-4-2-8-25-11-15/h1-11,13H,12H2,(H,26,28). The highest BCUT2D eigenvalue weighted by Gasteiger charge is 2.10. The van der Waals surface area contributed by atoms with Gasteiger partial charge in [0.05, 0.1) is 10.7 Å². The van der Waals surface area contributed by atoms with Gasteiger partial charge >= 0.3 is 0 Å². The van der Waals surface area contributed by atoms with Gasteiger partial charge in [-0.25, -0.2) is 4.98 Å². The van der Waals surface area contributed by atoms with Crippen molar-refractivity contribution in [3.8, 4) is 27.6 Å². The zero-order valence-corrected chi connectivity index (χ0v) is 17.8. The predicted octanol–water partition coefficient (Wildman–Crippen LogP) is 6.20. The first-order chi connectivity index (χ1) is 14.6. The summed E-state index contributed by atoms with van der Waals surface area (Å²) in [5, 5.41) is 6.56. The van der Waals surface area contributed by atoms with Gasteiger partial charge in [0.25, 0.3) is 5.91 Å². The van der Waals surface area contributed by atoms with E-state index in [0.29, 0.717) is 21.5 Å². The van der Waals surface area contributed by atoms with Crippen LogP contribution in [0.15, 0.2) is 72.4 Å². The predicted molar refractivity (Wildman–Crippen MR) is 121 cm³/mol. The van der Waals surface area contributed by atoms with E-state index in [9.17, 15) is 4.79 Å². The Labute approximate surface area is 187 Å². The highest BCUT2D eigenvalue weighted by molar-refractivity contribution is 7.13. The number of nitrogens with one attached hydrogen (secondary N) is 1. The minimum atomic E-state index is -0.308. The second-order valence-corrected chi connectivity index (χ2v) is 7.97. The van der Waals surface area contributed by atoms with Crippen molar-refractivity contribution in [2.45, 2.75) is 0 Å². The van der Waals surface area contributed by atoms with Gasteiger partial charge < -0.3 is 10.1 Å². The molecule has 0 aliphatic rings. The lowest BCUT2D eigenvalue weighted by Crippen LogP contribution is -2.20. The largest absolute Gasteiger partial charge is 0.482 e. The average Bonchev–Trinajstić information content (AvgIpc) is 3.26. The fraction of sp³-hybridized carbons (Fsp3) is 0.0455. The molecule has 0 radical (unpaired) electrons. The minimum Gasteiger partial charge on any atom is -0.482 e. The second-order valence-electron chi connectivity index (χ2n) is 6.27. The quantitative estimate of drug-likeness (QED) is 0.376. The van der Waals surface area contributed by atoms with Crippen LogP contribution in [0.2, 0.25) is 10.0 Å². The number of amides is 1. The van der Waals surface area contributed by atoms with Crippen LogP contribution in [-0.2, 0) is 4.79 Å². The number of hydrogen-bond acceptors (Lipinski definition) is 5. The summed E-state index contributed by atoms with van der Waals surface area (Å²) in [5.41, 5.74) is 3.35. The zero-order chi connectivity index (χ0) is 20.9. The van der Waals surface area contributed by atoms with Gasteiger partial charge in [0.1, 0.15) is 10.8 Å². The molecule has 0 aliphatic heterocycles. The Kier molecular flexibility index (Phi) is 6.28. The van der Waals surface area contributed by atoms with Crippen LogP contribution >= 0.6 is 34.5 Å². The van der Waals surface area contributed by atoms with Crippen LogP contribution in [0, 0.1) is 0 Å². The number of anilines is 1. The number of nitrogens with zero attached hydrogens (tertiary/aromatic N) is 2. The molecule has 0 atom stereocenters. The lowest BCUT2D eigenvalue weighted by molar-refractivity contribution is -0.118. The Morgan fingerprint density at radius 3 is 2.77 bits per heavy atom. The van der Waals surface area contributed by atoms with Crippen molar-refractivity contribution in [1.29, 1.82) is 0 Å². The molecule has 2 aromatic heterocycles. The Morgan fingerprint density at radius 2 is 1.93 bits per heavy atom. The van der Waals surface area contributed by atoms with Crippen molar-refractivity contribution in [2.24, 2.45) is 0 Å². The van der Waals surface area contributed by atoms with Crippen molar-refractivity contribution in [1.82, 2.24) is 9.97 Å². The number of halogens is 2. The van der Waals surface area contributed by atoms with E-state index in [4.69, 9.17) is 27.9 Å². The molecular formula is C22H15Cl2N3O2S. The zero-order valence-electron chi connectivity index (χ0n) is 15.5. The van der Waals surface area contributed by atoms with Crippen molar-refractivity contribution < 1.29 is 9.53 Å². The fourth-order valence-electron chi connectivity index (χ4n) is 2.71. The van der Waals surface area contributed by atoms with E-state index in [1.54, 1.807) is 41.9 Å². The molecule has 0 aliphatic carbocycles. The summed E-state index contributed by atoms with van der Waals surface area (Å²) < 4.78 is 5.47. The van der Waals surface area contributed by atoms with E-state index in [1.807, 2.05) is 41.8 Å². The van der Waals surface area contributed by atoms with Crippen LogP contribution in [0.5, 0.6) is 5.75 Å². The molecule has 0 saturated heterocycles. The summed E-state index contributed by atoms with van der Waals surface area (Å²) in [6, 6.07) is 16.2. The Balaban J connectivity index is 1.43. The molecule has 0 saturated carbocycles. The summed E-state index contributed by atoms with van der Waals surface area (Å²) >= 11 is 13.5. The lowest BCUT2D eigenvalue weighted by atomic mass is 10.1. The first-order valence-corrected chi connectivity index (χ1v) is 10.6. The topological polar surface area (TPSA) is 64.1 Å². The third-order valence-electron chi connectivity index (χ3n) is 4.11. The van der Waals surface area contributed by atoms with E-state index in [2.05, 4.69) is 15.3 Å². The van der Waals surface area contributed by atoms with Crippen LogP contribution in [0.3, 0.4) is 0 Å². The van der Waals surface area contributed by atoms with Crippen LogP contribution < -0.4 is 10.1 Å². The molecule has 1 amide bonds. The SMILES string of the molecule is O=C(COc1cc(Cl)ccc1Cl)Nc1cccc(-c2csc(-c3cccnc3)n2)c1. The average molecular weight is 456 g/mol. The maximum Gasteiger partial charge on any atom is 0.262 e. The molecule has 0 bridgehead atoms. The molecular weight excluding hydrogens is 441 g/mol. The van der Waals surface area contributed by atoms with Gasteiger partial charge in [0.2, 0.25) is 0 Å². The molecule has 2 aromatic carbocycles. The van der Waals surface area contributed by atoms with Gasteiger partial charge in [-0.05, 0) is 36.4 Å². The van der Waals surface area contributed by atoms with Crippen molar-refractivity contribution in [2.75, 3.05) is 11.9 Å². The van der Waals surface area contributed by atoms with E-state index < -0.39 is 0 Å². The molecule has 8 heteroatoms. The number of carbonyl (C=O) groups excluding carboxylic acids is 1. The van der Waals surface area contributed by atoms with Crippen molar-refractivity contribution >= 4 is 46.1 Å². The summed E-state index contributed by atoms with van der Waals surface area (Å²) in [5.74, 6) is 0.0518. The van der Waals surface area contributed by atoms with Gasteiger partial charge in [-0.1, -0.05) is 35.3 Å². The minimum absolute atomic E-state index is 0.188. The van der Waals surface area contributed by atoms with E-state index >= 15 is 0 Å². The highest BCUT2D eigenvalue weighted by atomic mass is 35.5. The van der Waals surface area contributed by atoms with Gasteiger partial charge in [-0.2, -0.15) is 0 Å². The monoisotopic (exact) mass is 455 g/mol. The highest BCUT2D eigenvalue weighted by Crippen LogP contribution is 2.30. The summed E-state index contributed by atoms with van der Waals surface area (Å²) in [4.78, 5) is 21.1. The number of pyridine rings is 1. The Bertz CT molecular complexity index is 1180. The maximum absolute atomic E-state index is 12.3. The number of aromatic nitrogens is 2. The number of benzene rings is 2. The second kappa shape index (κ2) is 9.26. The molecule has 0 unspecified atom stereocenters. The van der Waals surface area contributed by atoms with Gasteiger partial charge in [0, 0.05) is 45.7 Å². The van der Waals surface area contributed by atoms with Gasteiger partial charge in [0.15, 0.2) is 6.61 Å². The van der Waals surface area contributed by atoms with Gasteiger partial charge in [-0.3, -0.25) is 9.78 Å². The normalized spacial score (nSPS) is 10.6. The summed E-state index contributed by atoms with van der Waals surface area (Å²) in [6.45, 7) is -0.188. The van der Waals surface area contributed by atoms with Crippen molar-refractivity contribution in [3.05, 3.63) is 82.4 Å². The molecule has 4 rings (SSSR count). The van der Waals surface area contributed by atoms with Crippen molar-refractivity contribution in [3.63, 3.8) is 0 Å². The van der Waals surface area contributed by atoms with Crippen LogP contribution in [0.1, 0.15) is 0 Å². The first-order valence-electron chi connectivity index (χ1n) is 8.92. The molecule has 150 valence electrons. The third kappa shape index (κ3) is 4.97. The number of thiazole rings is 1. The fourth-order valence-corrected chi connectivity index (χ4v) is 3.87. The third-order valence-corrected chi connectivity index (χ3v) is 5.55. The van der Waals surface area contributed by atoms with Gasteiger partial charge in [-0.15, -0.1) is 11.3 Å². The van der Waals surface area contributed by atoms with Crippen LogP contribution in [0.25, 0.3) is 21.8 Å². The number of hydrogen-bond donors (Lipinski definition) is 1. The van der Waals surface area contributed by atoms with E-state index in [0.717, 1.165) is 21.8 Å². The van der Waals surface area contributed by atoms with Crippen LogP contribution in [0.4, 0.5) is 5.69 Å². The molecule has 5 nitrogen and oxygen atoms in total.